The van der Waals surface area contributed by atoms with Gasteiger partial charge in [-0.15, -0.1) is 0 Å². The van der Waals surface area contributed by atoms with Gasteiger partial charge in [-0.3, -0.25) is 0 Å². The molecule has 0 bridgehead atoms. The molecule has 0 unspecified atom stereocenters. The maximum Gasteiger partial charge on any atom is 0.198 e. The van der Waals surface area contributed by atoms with Gasteiger partial charge in [0.2, 0.25) is 0 Å². The highest BCUT2D eigenvalue weighted by Crippen LogP contribution is 2.14. The number of hydrogen-bond donors (Lipinski definition) is 1. The molecule has 0 spiro atoms. The fourth-order valence-electron chi connectivity index (χ4n) is 0.668. The van der Waals surface area contributed by atoms with Crippen molar-refractivity contribution in [3.05, 3.63) is 12.2 Å². The number of anilines is 1. The average Bonchev–Trinajstić information content (AvgIpc) is 2.34. The molecule has 3 heteroatoms. The van der Waals surface area contributed by atoms with E-state index in [2.05, 4.69) is 10.3 Å². The summed E-state index contributed by atoms with van der Waals surface area (Å²) in [5.74, 6) is 1.94. The zero-order chi connectivity index (χ0) is 7.56. The second-order valence-electron chi connectivity index (χ2n) is 2.48. The normalized spacial score (nSPS) is 10.4. The third-order valence-electron chi connectivity index (χ3n) is 1.27. The zero-order valence-corrected chi connectivity index (χ0v) is 6.51. The van der Waals surface area contributed by atoms with Crippen LogP contribution < -0.4 is 5.32 Å². The first-order chi connectivity index (χ1) is 4.74. The predicted molar refractivity (Wildman–Crippen MR) is 40.1 cm³/mol. The van der Waals surface area contributed by atoms with Crippen LogP contribution in [0.5, 0.6) is 0 Å². The maximum absolute atomic E-state index is 5.14. The number of oxazole rings is 1. The van der Waals surface area contributed by atoms with E-state index in [1.807, 2.05) is 20.9 Å². The topological polar surface area (TPSA) is 38.1 Å². The summed E-state index contributed by atoms with van der Waals surface area (Å²) in [6.07, 6.45) is 1.62. The summed E-state index contributed by atoms with van der Waals surface area (Å²) >= 11 is 0. The Morgan fingerprint density at radius 1 is 1.60 bits per heavy atom. The van der Waals surface area contributed by atoms with Crippen molar-refractivity contribution in [3.63, 3.8) is 0 Å². The van der Waals surface area contributed by atoms with Gasteiger partial charge in [-0.05, 0) is 0 Å². The largest absolute Gasteiger partial charge is 0.446 e. The van der Waals surface area contributed by atoms with Gasteiger partial charge in [-0.2, -0.15) is 4.98 Å². The molecule has 0 radical (unpaired) electrons. The molecule has 0 aliphatic carbocycles. The lowest BCUT2D eigenvalue weighted by atomic mass is 10.2. The van der Waals surface area contributed by atoms with Gasteiger partial charge in [0, 0.05) is 13.0 Å². The molecule has 3 nitrogen and oxygen atoms in total. The monoisotopic (exact) mass is 140 g/mol. The summed E-state index contributed by atoms with van der Waals surface area (Å²) < 4.78 is 5.14. The summed E-state index contributed by atoms with van der Waals surface area (Å²) in [4.78, 5) is 4.15. The highest BCUT2D eigenvalue weighted by molar-refractivity contribution is 5.29. The molecule has 1 aromatic heterocycles. The fourth-order valence-corrected chi connectivity index (χ4v) is 0.668. The Kier molecular flexibility index (Phi) is 1.94. The van der Waals surface area contributed by atoms with E-state index in [-0.39, 0.29) is 0 Å². The maximum atomic E-state index is 5.14. The molecule has 10 heavy (non-hydrogen) atoms. The lowest BCUT2D eigenvalue weighted by molar-refractivity contribution is 0.471. The van der Waals surface area contributed by atoms with E-state index in [1.54, 1.807) is 6.26 Å². The van der Waals surface area contributed by atoms with Gasteiger partial charge < -0.3 is 9.73 Å². The van der Waals surface area contributed by atoms with Crippen LogP contribution in [0.1, 0.15) is 25.7 Å². The lowest BCUT2D eigenvalue weighted by Gasteiger charge is -1.93. The lowest BCUT2D eigenvalue weighted by Crippen LogP contribution is -1.90. The van der Waals surface area contributed by atoms with Gasteiger partial charge in [0.05, 0.1) is 0 Å². The summed E-state index contributed by atoms with van der Waals surface area (Å²) in [6, 6.07) is 0. The Bertz CT molecular complexity index is 205. The zero-order valence-electron chi connectivity index (χ0n) is 6.51. The first-order valence-corrected chi connectivity index (χ1v) is 3.37. The van der Waals surface area contributed by atoms with Gasteiger partial charge in [-0.1, -0.05) is 13.8 Å². The standard InChI is InChI=1S/C7H12N2O/c1-5(2)7-9-6(8-3)4-10-7/h4-5,8H,1-3H3. The van der Waals surface area contributed by atoms with Crippen molar-refractivity contribution in [1.29, 1.82) is 0 Å². The van der Waals surface area contributed by atoms with Crippen molar-refractivity contribution in [2.24, 2.45) is 0 Å². The Morgan fingerprint density at radius 2 is 2.30 bits per heavy atom. The van der Waals surface area contributed by atoms with Crippen LogP contribution in [0.4, 0.5) is 5.82 Å². The molecule has 1 aromatic rings. The molecule has 1 rings (SSSR count). The third-order valence-corrected chi connectivity index (χ3v) is 1.27. The van der Waals surface area contributed by atoms with Gasteiger partial charge in [0.25, 0.3) is 0 Å². The minimum atomic E-state index is 0.363. The molecule has 0 saturated carbocycles. The van der Waals surface area contributed by atoms with E-state index in [9.17, 15) is 0 Å². The van der Waals surface area contributed by atoms with Crippen LogP contribution in [0, 0.1) is 0 Å². The first-order valence-electron chi connectivity index (χ1n) is 3.37. The van der Waals surface area contributed by atoms with Crippen LogP contribution in [-0.2, 0) is 0 Å². The van der Waals surface area contributed by atoms with Crippen molar-refractivity contribution in [3.8, 4) is 0 Å². The highest BCUT2D eigenvalue weighted by atomic mass is 16.3. The summed E-state index contributed by atoms with van der Waals surface area (Å²) in [5.41, 5.74) is 0. The third kappa shape index (κ3) is 1.29. The highest BCUT2D eigenvalue weighted by Gasteiger charge is 2.05. The van der Waals surface area contributed by atoms with E-state index >= 15 is 0 Å². The molecule has 0 aromatic carbocycles. The summed E-state index contributed by atoms with van der Waals surface area (Å²) in [6.45, 7) is 4.09. The van der Waals surface area contributed by atoms with Crippen LogP contribution in [0.3, 0.4) is 0 Å². The molecule has 0 fully saturated rings. The molecule has 1 N–H and O–H groups in total. The quantitative estimate of drug-likeness (QED) is 0.681. The smallest absolute Gasteiger partial charge is 0.198 e. The van der Waals surface area contributed by atoms with Crippen LogP contribution in [-0.4, -0.2) is 12.0 Å². The second kappa shape index (κ2) is 2.73. The van der Waals surface area contributed by atoms with Crippen molar-refractivity contribution in [2.75, 3.05) is 12.4 Å². The Morgan fingerprint density at radius 3 is 2.60 bits per heavy atom. The van der Waals surface area contributed by atoms with Gasteiger partial charge in [0.1, 0.15) is 6.26 Å². The van der Waals surface area contributed by atoms with Crippen LogP contribution in [0.15, 0.2) is 10.7 Å². The van der Waals surface area contributed by atoms with E-state index in [0.29, 0.717) is 5.92 Å². The number of nitrogens with one attached hydrogen (secondary N) is 1. The Labute approximate surface area is 60.5 Å². The minimum Gasteiger partial charge on any atom is -0.446 e. The van der Waals surface area contributed by atoms with Crippen LogP contribution >= 0.6 is 0 Å². The molecule has 0 amide bonds. The number of aromatic nitrogens is 1. The van der Waals surface area contributed by atoms with Gasteiger partial charge in [0.15, 0.2) is 11.7 Å². The number of rotatable bonds is 2. The van der Waals surface area contributed by atoms with Crippen LogP contribution in [0.2, 0.25) is 0 Å². The minimum absolute atomic E-state index is 0.363. The molecular formula is C7H12N2O. The SMILES string of the molecule is CNc1coc(C(C)C)n1. The average molecular weight is 140 g/mol. The van der Waals surface area contributed by atoms with E-state index < -0.39 is 0 Å². The molecule has 56 valence electrons. The van der Waals surface area contributed by atoms with Crippen molar-refractivity contribution in [2.45, 2.75) is 19.8 Å². The number of nitrogens with zero attached hydrogens (tertiary/aromatic N) is 1. The van der Waals surface area contributed by atoms with Crippen molar-refractivity contribution < 1.29 is 4.42 Å². The van der Waals surface area contributed by atoms with E-state index in [4.69, 9.17) is 4.42 Å². The van der Waals surface area contributed by atoms with Gasteiger partial charge >= 0.3 is 0 Å². The molecule has 0 saturated heterocycles. The van der Waals surface area contributed by atoms with E-state index in [1.165, 1.54) is 0 Å². The second-order valence-corrected chi connectivity index (χ2v) is 2.48. The Hall–Kier alpha value is -0.990. The molecule has 0 aliphatic rings. The van der Waals surface area contributed by atoms with E-state index in [0.717, 1.165) is 11.7 Å². The first kappa shape index (κ1) is 7.12. The summed E-state index contributed by atoms with van der Waals surface area (Å²) in [5, 5.41) is 2.90. The predicted octanol–water partition coefficient (Wildman–Crippen LogP) is 1.84. The van der Waals surface area contributed by atoms with Crippen molar-refractivity contribution >= 4 is 5.82 Å². The van der Waals surface area contributed by atoms with Gasteiger partial charge in [-0.25, -0.2) is 0 Å². The molecular weight excluding hydrogens is 128 g/mol. The fraction of sp³-hybridized carbons (Fsp3) is 0.571. The molecule has 0 atom stereocenters. The van der Waals surface area contributed by atoms with Crippen molar-refractivity contribution in [1.82, 2.24) is 4.98 Å². The molecule has 1 heterocycles. The number of hydrogen-bond acceptors (Lipinski definition) is 3. The molecule has 0 aliphatic heterocycles. The summed E-state index contributed by atoms with van der Waals surface area (Å²) in [7, 11) is 1.82. The van der Waals surface area contributed by atoms with Crippen LogP contribution in [0.25, 0.3) is 0 Å². The Balaban J connectivity index is 2.78.